The molecule has 0 spiro atoms. The van der Waals surface area contributed by atoms with E-state index in [1.807, 2.05) is 11.2 Å². The van der Waals surface area contributed by atoms with E-state index in [4.69, 9.17) is 9.84 Å². The lowest BCUT2D eigenvalue weighted by Gasteiger charge is -2.30. The van der Waals surface area contributed by atoms with Crippen LogP contribution in [-0.2, 0) is 15.7 Å². The van der Waals surface area contributed by atoms with E-state index in [0.717, 1.165) is 0 Å². The van der Waals surface area contributed by atoms with Crippen molar-refractivity contribution in [1.82, 2.24) is 4.31 Å². The summed E-state index contributed by atoms with van der Waals surface area (Å²) in [6, 6.07) is 0. The molecule has 0 amide bonds. The topological polar surface area (TPSA) is 49.8 Å². The monoisotopic (exact) mass is 193 g/mol. The average molecular weight is 193 g/mol. The van der Waals surface area contributed by atoms with Gasteiger partial charge < -0.3 is 9.84 Å². The Balaban J connectivity index is 2.40. The van der Waals surface area contributed by atoms with Gasteiger partial charge in [-0.3, -0.25) is 0 Å². The molecule has 0 bridgehead atoms. The Labute approximate surface area is 75.1 Å². The van der Waals surface area contributed by atoms with E-state index in [2.05, 4.69) is 0 Å². The molecule has 0 aromatic rings. The standard InChI is InChI=1S/C7H15NO3S/c1-2-12(10)8-3-4-11-7(5-8)6-9/h7,9H,2-6H2,1H3. The quantitative estimate of drug-likeness (QED) is 0.649. The lowest BCUT2D eigenvalue weighted by molar-refractivity contribution is -0.0292. The molecule has 0 aromatic carbocycles. The number of hydrogen-bond acceptors (Lipinski definition) is 3. The molecule has 1 N–H and O–H groups in total. The highest BCUT2D eigenvalue weighted by molar-refractivity contribution is 7.82. The molecule has 1 saturated heterocycles. The summed E-state index contributed by atoms with van der Waals surface area (Å²) in [7, 11) is -0.894. The summed E-state index contributed by atoms with van der Waals surface area (Å²) in [5.74, 6) is 0.637. The molecule has 1 heterocycles. The van der Waals surface area contributed by atoms with Gasteiger partial charge in [-0.2, -0.15) is 0 Å². The molecular weight excluding hydrogens is 178 g/mol. The van der Waals surface area contributed by atoms with Gasteiger partial charge in [-0.25, -0.2) is 8.51 Å². The molecule has 0 aliphatic carbocycles. The van der Waals surface area contributed by atoms with E-state index in [0.29, 0.717) is 25.4 Å². The second kappa shape index (κ2) is 4.91. The summed E-state index contributed by atoms with van der Waals surface area (Å²) in [5.41, 5.74) is 0. The van der Waals surface area contributed by atoms with Gasteiger partial charge in [0.2, 0.25) is 0 Å². The first-order chi connectivity index (χ1) is 5.77. The Kier molecular flexibility index (Phi) is 4.14. The molecule has 1 aliphatic heterocycles. The maximum atomic E-state index is 11.3. The van der Waals surface area contributed by atoms with Crippen molar-refractivity contribution >= 4 is 11.0 Å². The van der Waals surface area contributed by atoms with Crippen LogP contribution < -0.4 is 0 Å². The fraction of sp³-hybridized carbons (Fsp3) is 1.00. The maximum Gasteiger partial charge on any atom is 0.0943 e. The van der Waals surface area contributed by atoms with E-state index < -0.39 is 11.0 Å². The SMILES string of the molecule is CCS(=O)N1CCOC(CO)C1. The first-order valence-corrected chi connectivity index (χ1v) is 5.41. The number of ether oxygens (including phenoxy) is 1. The molecule has 2 atom stereocenters. The number of aliphatic hydroxyl groups is 1. The molecule has 0 aromatic heterocycles. The number of aliphatic hydroxyl groups excluding tert-OH is 1. The molecule has 0 saturated carbocycles. The zero-order valence-electron chi connectivity index (χ0n) is 7.23. The van der Waals surface area contributed by atoms with Crippen LogP contribution >= 0.6 is 0 Å². The first-order valence-electron chi connectivity index (χ1n) is 4.13. The summed E-state index contributed by atoms with van der Waals surface area (Å²) in [4.78, 5) is 0. The summed E-state index contributed by atoms with van der Waals surface area (Å²) >= 11 is 0. The largest absolute Gasteiger partial charge is 0.394 e. The van der Waals surface area contributed by atoms with Crippen molar-refractivity contribution in [2.75, 3.05) is 32.1 Å². The van der Waals surface area contributed by atoms with Crippen LogP contribution in [0.4, 0.5) is 0 Å². The molecule has 72 valence electrons. The molecular formula is C7H15NO3S. The highest BCUT2D eigenvalue weighted by Crippen LogP contribution is 2.06. The molecule has 5 heteroatoms. The van der Waals surface area contributed by atoms with Gasteiger partial charge in [0.05, 0.1) is 30.3 Å². The smallest absolute Gasteiger partial charge is 0.0943 e. The zero-order valence-corrected chi connectivity index (χ0v) is 8.05. The number of nitrogens with zero attached hydrogens (tertiary/aromatic N) is 1. The van der Waals surface area contributed by atoms with Crippen LogP contribution in [-0.4, -0.2) is 51.8 Å². The molecule has 1 fully saturated rings. The van der Waals surface area contributed by atoms with Gasteiger partial charge >= 0.3 is 0 Å². The fourth-order valence-electron chi connectivity index (χ4n) is 1.17. The van der Waals surface area contributed by atoms with Crippen molar-refractivity contribution in [2.45, 2.75) is 13.0 Å². The molecule has 12 heavy (non-hydrogen) atoms. The highest BCUT2D eigenvalue weighted by Gasteiger charge is 2.22. The van der Waals surface area contributed by atoms with Crippen molar-refractivity contribution in [2.24, 2.45) is 0 Å². The third kappa shape index (κ3) is 2.52. The normalized spacial score (nSPS) is 28.7. The third-order valence-corrected chi connectivity index (χ3v) is 3.24. The highest BCUT2D eigenvalue weighted by atomic mass is 32.2. The van der Waals surface area contributed by atoms with Crippen LogP contribution in [0.3, 0.4) is 0 Å². The van der Waals surface area contributed by atoms with Crippen LogP contribution in [0.1, 0.15) is 6.92 Å². The van der Waals surface area contributed by atoms with E-state index in [1.165, 1.54) is 0 Å². The van der Waals surface area contributed by atoms with Gasteiger partial charge in [-0.05, 0) is 0 Å². The second-order valence-corrected chi connectivity index (χ2v) is 4.41. The van der Waals surface area contributed by atoms with Crippen molar-refractivity contribution in [1.29, 1.82) is 0 Å². The van der Waals surface area contributed by atoms with Gasteiger partial charge in [-0.15, -0.1) is 0 Å². The minimum atomic E-state index is -0.894. The predicted octanol–water partition coefficient (Wildman–Crippen LogP) is -0.637. The summed E-state index contributed by atoms with van der Waals surface area (Å²) in [5, 5.41) is 8.81. The van der Waals surface area contributed by atoms with Crippen LogP contribution in [0.2, 0.25) is 0 Å². The van der Waals surface area contributed by atoms with Crippen molar-refractivity contribution in [3.63, 3.8) is 0 Å². The Morgan fingerprint density at radius 1 is 1.75 bits per heavy atom. The molecule has 4 nitrogen and oxygen atoms in total. The van der Waals surface area contributed by atoms with Crippen molar-refractivity contribution in [3.05, 3.63) is 0 Å². The number of hydrogen-bond donors (Lipinski definition) is 1. The van der Waals surface area contributed by atoms with Crippen LogP contribution in [0.5, 0.6) is 0 Å². The fourth-order valence-corrected chi connectivity index (χ4v) is 2.15. The van der Waals surface area contributed by atoms with E-state index in [9.17, 15) is 4.21 Å². The number of morpholine rings is 1. The Bertz CT molecular complexity index is 165. The summed E-state index contributed by atoms with van der Waals surface area (Å²) < 4.78 is 18.4. The first kappa shape index (κ1) is 10.1. The predicted molar refractivity (Wildman–Crippen MR) is 47.1 cm³/mol. The van der Waals surface area contributed by atoms with E-state index >= 15 is 0 Å². The number of rotatable bonds is 3. The van der Waals surface area contributed by atoms with Crippen LogP contribution in [0.25, 0.3) is 0 Å². The van der Waals surface area contributed by atoms with Crippen molar-refractivity contribution in [3.8, 4) is 0 Å². The van der Waals surface area contributed by atoms with Crippen LogP contribution in [0, 0.1) is 0 Å². The van der Waals surface area contributed by atoms with E-state index in [1.54, 1.807) is 0 Å². The van der Waals surface area contributed by atoms with Gasteiger partial charge in [0.1, 0.15) is 0 Å². The minimum absolute atomic E-state index is 0.0113. The van der Waals surface area contributed by atoms with Gasteiger partial charge in [0.15, 0.2) is 0 Å². The molecule has 1 aliphatic rings. The molecule has 1 rings (SSSR count). The van der Waals surface area contributed by atoms with Gasteiger partial charge in [0.25, 0.3) is 0 Å². The Morgan fingerprint density at radius 3 is 3.08 bits per heavy atom. The van der Waals surface area contributed by atoms with Crippen molar-refractivity contribution < 1.29 is 14.1 Å². The summed E-state index contributed by atoms with van der Waals surface area (Å²) in [6.45, 7) is 3.75. The van der Waals surface area contributed by atoms with Crippen LogP contribution in [0.15, 0.2) is 0 Å². The second-order valence-electron chi connectivity index (χ2n) is 2.67. The average Bonchev–Trinajstić information content (AvgIpc) is 2.17. The zero-order chi connectivity index (χ0) is 8.97. The summed E-state index contributed by atoms with van der Waals surface area (Å²) in [6.07, 6.45) is -0.158. The molecule has 0 radical (unpaired) electrons. The Hall–Kier alpha value is 0.0300. The lowest BCUT2D eigenvalue weighted by Crippen LogP contribution is -2.45. The third-order valence-electron chi connectivity index (χ3n) is 1.84. The lowest BCUT2D eigenvalue weighted by atomic mass is 10.3. The van der Waals surface area contributed by atoms with E-state index in [-0.39, 0.29) is 12.7 Å². The maximum absolute atomic E-state index is 11.3. The molecule has 2 unspecified atom stereocenters. The van der Waals surface area contributed by atoms with Gasteiger partial charge in [0, 0.05) is 18.8 Å². The minimum Gasteiger partial charge on any atom is -0.394 e. The Morgan fingerprint density at radius 2 is 2.50 bits per heavy atom. The van der Waals surface area contributed by atoms with Gasteiger partial charge in [-0.1, -0.05) is 6.92 Å².